The van der Waals surface area contributed by atoms with Crippen molar-refractivity contribution in [3.05, 3.63) is 0 Å². The molecule has 0 N–H and O–H groups in total. The van der Waals surface area contributed by atoms with E-state index in [-0.39, 0.29) is 24.3 Å². The number of amides is 1. The van der Waals surface area contributed by atoms with Gasteiger partial charge >= 0.3 is 6.09 Å². The van der Waals surface area contributed by atoms with Crippen LogP contribution in [-0.4, -0.2) is 37.0 Å². The van der Waals surface area contributed by atoms with Gasteiger partial charge in [-0.05, 0) is 0 Å². The second kappa shape index (κ2) is 4.98. The first kappa shape index (κ1) is 11.2. The predicted octanol–water partition coefficient (Wildman–Crippen LogP) is 0.840. The third kappa shape index (κ3) is 2.70. The van der Waals surface area contributed by atoms with Crippen molar-refractivity contribution in [3.8, 4) is 0 Å². The molecule has 0 aliphatic carbocycles. The number of halogens is 1. The number of rotatable bonds is 0. The molecule has 1 heterocycles. The Bertz CT molecular complexity index is 173. The van der Waals surface area contributed by atoms with Gasteiger partial charge in [-0.15, -0.1) is 12.4 Å². The topological polar surface area (TPSA) is 46.6 Å². The van der Waals surface area contributed by atoms with E-state index in [2.05, 4.69) is 4.74 Å². The van der Waals surface area contributed by atoms with Gasteiger partial charge < -0.3 is 9.64 Å². The van der Waals surface area contributed by atoms with Crippen molar-refractivity contribution in [2.45, 2.75) is 12.8 Å². The molecule has 0 aromatic heterocycles. The lowest BCUT2D eigenvalue weighted by atomic mass is 10.1. The zero-order valence-corrected chi connectivity index (χ0v) is 7.73. The minimum absolute atomic E-state index is 0. The molecule has 70 valence electrons. The second-order valence-electron chi connectivity index (χ2n) is 2.50. The van der Waals surface area contributed by atoms with Crippen molar-refractivity contribution in [1.29, 1.82) is 0 Å². The van der Waals surface area contributed by atoms with Crippen LogP contribution in [0.2, 0.25) is 0 Å². The van der Waals surface area contributed by atoms with Crippen LogP contribution in [0.4, 0.5) is 4.79 Å². The standard InChI is InChI=1S/C7H11NO3.ClH/c1-11-7(10)8-4-2-6(9)3-5-8;/h2-5H2,1H3;1H. The highest BCUT2D eigenvalue weighted by atomic mass is 35.5. The average molecular weight is 194 g/mol. The number of Topliss-reactive ketones (excluding diaryl/α,β-unsaturated/α-hetero) is 1. The summed E-state index contributed by atoms with van der Waals surface area (Å²) < 4.78 is 4.50. The summed E-state index contributed by atoms with van der Waals surface area (Å²) in [6, 6.07) is 0. The summed E-state index contributed by atoms with van der Waals surface area (Å²) in [4.78, 5) is 23.1. The van der Waals surface area contributed by atoms with Crippen LogP contribution in [0.3, 0.4) is 0 Å². The van der Waals surface area contributed by atoms with Gasteiger partial charge in [0.2, 0.25) is 0 Å². The van der Waals surface area contributed by atoms with Crippen LogP contribution < -0.4 is 0 Å². The highest BCUT2D eigenvalue weighted by molar-refractivity contribution is 5.85. The Morgan fingerprint density at radius 3 is 2.33 bits per heavy atom. The molecule has 1 amide bonds. The predicted molar refractivity (Wildman–Crippen MR) is 45.5 cm³/mol. The molecule has 0 bridgehead atoms. The number of likely N-dealkylation sites (tertiary alicyclic amines) is 1. The van der Waals surface area contributed by atoms with Crippen molar-refractivity contribution in [2.75, 3.05) is 20.2 Å². The van der Waals surface area contributed by atoms with E-state index in [9.17, 15) is 9.59 Å². The van der Waals surface area contributed by atoms with Crippen molar-refractivity contribution < 1.29 is 14.3 Å². The van der Waals surface area contributed by atoms with Gasteiger partial charge in [0, 0.05) is 25.9 Å². The summed E-state index contributed by atoms with van der Waals surface area (Å²) in [5, 5.41) is 0. The third-order valence-corrected chi connectivity index (χ3v) is 1.75. The first-order valence-electron chi connectivity index (χ1n) is 3.58. The summed E-state index contributed by atoms with van der Waals surface area (Å²) in [7, 11) is 1.35. The van der Waals surface area contributed by atoms with E-state index >= 15 is 0 Å². The Morgan fingerprint density at radius 2 is 1.92 bits per heavy atom. The maximum atomic E-state index is 10.9. The van der Waals surface area contributed by atoms with Crippen molar-refractivity contribution >= 4 is 24.3 Å². The molecule has 0 aromatic carbocycles. The number of piperidine rings is 1. The fourth-order valence-electron chi connectivity index (χ4n) is 1.07. The van der Waals surface area contributed by atoms with Gasteiger partial charge in [0.25, 0.3) is 0 Å². The zero-order chi connectivity index (χ0) is 8.27. The maximum absolute atomic E-state index is 10.9. The summed E-state index contributed by atoms with van der Waals surface area (Å²) >= 11 is 0. The molecule has 0 atom stereocenters. The number of hydrogen-bond acceptors (Lipinski definition) is 3. The fourth-order valence-corrected chi connectivity index (χ4v) is 1.07. The molecule has 5 heteroatoms. The van der Waals surface area contributed by atoms with Crippen molar-refractivity contribution in [1.82, 2.24) is 4.90 Å². The van der Waals surface area contributed by atoms with Crippen LogP contribution in [0.15, 0.2) is 0 Å². The summed E-state index contributed by atoms with van der Waals surface area (Å²) in [5.74, 6) is 0.227. The lowest BCUT2D eigenvalue weighted by molar-refractivity contribution is -0.121. The largest absolute Gasteiger partial charge is 0.453 e. The minimum Gasteiger partial charge on any atom is -0.453 e. The molecule has 1 aliphatic rings. The molecule has 0 aromatic rings. The van der Waals surface area contributed by atoms with Gasteiger partial charge in [-0.25, -0.2) is 4.79 Å². The van der Waals surface area contributed by atoms with Crippen LogP contribution in [0.1, 0.15) is 12.8 Å². The van der Waals surface area contributed by atoms with E-state index in [0.29, 0.717) is 25.9 Å². The van der Waals surface area contributed by atoms with E-state index < -0.39 is 0 Å². The normalized spacial score (nSPS) is 16.8. The Kier molecular flexibility index (Phi) is 4.66. The molecule has 0 spiro atoms. The molecule has 1 aliphatic heterocycles. The van der Waals surface area contributed by atoms with Gasteiger partial charge in [0.1, 0.15) is 5.78 Å². The Labute approximate surface area is 77.3 Å². The summed E-state index contributed by atoms with van der Waals surface area (Å²) in [6.07, 6.45) is 0.599. The molecule has 0 radical (unpaired) electrons. The molecule has 1 rings (SSSR count). The number of ether oxygens (including phenoxy) is 1. The highest BCUT2D eigenvalue weighted by Crippen LogP contribution is 2.06. The Morgan fingerprint density at radius 1 is 1.42 bits per heavy atom. The van der Waals surface area contributed by atoms with Crippen molar-refractivity contribution in [2.24, 2.45) is 0 Å². The van der Waals surface area contributed by atoms with Crippen LogP contribution in [0, 0.1) is 0 Å². The number of hydrogen-bond donors (Lipinski definition) is 0. The Hall–Kier alpha value is -0.770. The van der Waals surface area contributed by atoms with E-state index in [1.54, 1.807) is 4.90 Å². The SMILES string of the molecule is COC(=O)N1CCC(=O)CC1.Cl. The van der Waals surface area contributed by atoms with E-state index in [1.807, 2.05) is 0 Å². The molecule has 0 saturated carbocycles. The first-order valence-corrected chi connectivity index (χ1v) is 3.58. The highest BCUT2D eigenvalue weighted by Gasteiger charge is 2.20. The molecular weight excluding hydrogens is 182 g/mol. The molecule has 0 unspecified atom stereocenters. The summed E-state index contributed by atoms with van der Waals surface area (Å²) in [6.45, 7) is 1.01. The van der Waals surface area contributed by atoms with Gasteiger partial charge in [0.05, 0.1) is 7.11 Å². The number of nitrogens with zero attached hydrogens (tertiary/aromatic N) is 1. The van der Waals surface area contributed by atoms with Gasteiger partial charge in [-0.3, -0.25) is 4.79 Å². The first-order chi connectivity index (χ1) is 5.24. The summed E-state index contributed by atoms with van der Waals surface area (Å²) in [5.41, 5.74) is 0. The Balaban J connectivity index is 0.00000121. The van der Waals surface area contributed by atoms with Gasteiger partial charge in [0.15, 0.2) is 0 Å². The number of carbonyl (C=O) groups is 2. The maximum Gasteiger partial charge on any atom is 0.409 e. The van der Waals surface area contributed by atoms with Crippen molar-refractivity contribution in [3.63, 3.8) is 0 Å². The van der Waals surface area contributed by atoms with E-state index in [1.165, 1.54) is 7.11 Å². The third-order valence-electron chi connectivity index (χ3n) is 1.75. The molecule has 12 heavy (non-hydrogen) atoms. The van der Waals surface area contributed by atoms with Crippen LogP contribution in [0.25, 0.3) is 0 Å². The van der Waals surface area contributed by atoms with E-state index in [4.69, 9.17) is 0 Å². The molecule has 4 nitrogen and oxygen atoms in total. The monoisotopic (exact) mass is 193 g/mol. The number of carbonyl (C=O) groups excluding carboxylic acids is 2. The fraction of sp³-hybridized carbons (Fsp3) is 0.714. The molecular formula is C7H12ClNO3. The van der Waals surface area contributed by atoms with Crippen LogP contribution in [0.5, 0.6) is 0 Å². The average Bonchev–Trinajstić information content (AvgIpc) is 2.05. The van der Waals surface area contributed by atoms with Gasteiger partial charge in [-0.1, -0.05) is 0 Å². The van der Waals surface area contributed by atoms with Crippen LogP contribution in [-0.2, 0) is 9.53 Å². The van der Waals surface area contributed by atoms with Gasteiger partial charge in [-0.2, -0.15) is 0 Å². The lowest BCUT2D eigenvalue weighted by Crippen LogP contribution is -2.38. The minimum atomic E-state index is -0.336. The zero-order valence-electron chi connectivity index (χ0n) is 6.91. The smallest absolute Gasteiger partial charge is 0.409 e. The lowest BCUT2D eigenvalue weighted by Gasteiger charge is -2.24. The second-order valence-corrected chi connectivity index (χ2v) is 2.50. The number of ketones is 1. The van der Waals surface area contributed by atoms with Crippen LogP contribution >= 0.6 is 12.4 Å². The van der Waals surface area contributed by atoms with E-state index in [0.717, 1.165) is 0 Å². The molecule has 1 saturated heterocycles. The quantitative estimate of drug-likeness (QED) is 0.573. The molecule has 1 fully saturated rings. The number of methoxy groups -OCH3 is 1.